The maximum absolute atomic E-state index is 14.3. The number of nitrogens with one attached hydrogen (secondary N) is 2. The fraction of sp³-hybridized carbons (Fsp3) is 0.375. The van der Waals surface area contributed by atoms with Gasteiger partial charge < -0.3 is 10.6 Å². The van der Waals surface area contributed by atoms with E-state index in [2.05, 4.69) is 15.7 Å². The zero-order valence-corrected chi connectivity index (χ0v) is 14.5. The zero-order valence-electron chi connectivity index (χ0n) is 13.7. The van der Waals surface area contributed by atoms with E-state index in [0.29, 0.717) is 13.1 Å². The van der Waals surface area contributed by atoms with Gasteiger partial charge in [-0.25, -0.2) is 17.5 Å². The molecule has 134 valence electrons. The molecule has 0 aliphatic carbocycles. The summed E-state index contributed by atoms with van der Waals surface area (Å²) in [5.41, 5.74) is 0.447. The standard InChI is InChI=1S/C16H19FN4O3S/c1-25(23,24)16(5-8-18-9-6-16)15(22)20-12-3-4-14(13(17)11-12)21-10-2-7-19-21/h2-4,7,10-11,18H,5-6,8-9H2,1H3,(H,20,22). The van der Waals surface area contributed by atoms with Gasteiger partial charge in [0.25, 0.3) is 0 Å². The van der Waals surface area contributed by atoms with Gasteiger partial charge in [0.2, 0.25) is 5.91 Å². The van der Waals surface area contributed by atoms with Crippen LogP contribution in [0.3, 0.4) is 0 Å². The molecule has 3 rings (SSSR count). The van der Waals surface area contributed by atoms with Crippen molar-refractivity contribution in [2.75, 3.05) is 24.7 Å². The maximum atomic E-state index is 14.3. The van der Waals surface area contributed by atoms with E-state index in [1.54, 1.807) is 12.3 Å². The Morgan fingerprint density at radius 1 is 1.36 bits per heavy atom. The molecule has 1 aliphatic heterocycles. The number of sulfone groups is 1. The van der Waals surface area contributed by atoms with Gasteiger partial charge in [0.1, 0.15) is 5.69 Å². The van der Waals surface area contributed by atoms with Gasteiger partial charge in [-0.2, -0.15) is 5.10 Å². The summed E-state index contributed by atoms with van der Waals surface area (Å²) < 4.78 is 38.7. The summed E-state index contributed by atoms with van der Waals surface area (Å²) in [6.45, 7) is 0.875. The van der Waals surface area contributed by atoms with Gasteiger partial charge in [-0.1, -0.05) is 0 Å². The minimum Gasteiger partial charge on any atom is -0.325 e. The zero-order chi connectivity index (χ0) is 18.1. The lowest BCUT2D eigenvalue weighted by molar-refractivity contribution is -0.119. The monoisotopic (exact) mass is 366 g/mol. The molecule has 1 saturated heterocycles. The van der Waals surface area contributed by atoms with Crippen LogP contribution in [0.25, 0.3) is 5.69 Å². The Hall–Kier alpha value is -2.26. The van der Waals surface area contributed by atoms with E-state index in [4.69, 9.17) is 0 Å². The van der Waals surface area contributed by atoms with E-state index in [9.17, 15) is 17.6 Å². The molecule has 1 amide bonds. The van der Waals surface area contributed by atoms with Crippen LogP contribution in [0.1, 0.15) is 12.8 Å². The second-order valence-electron chi connectivity index (χ2n) is 6.09. The van der Waals surface area contributed by atoms with Gasteiger partial charge in [0.05, 0.1) is 0 Å². The Morgan fingerprint density at radius 3 is 2.64 bits per heavy atom. The second-order valence-corrected chi connectivity index (χ2v) is 8.41. The van der Waals surface area contributed by atoms with Gasteiger partial charge in [-0.15, -0.1) is 0 Å². The van der Waals surface area contributed by atoms with Crippen molar-refractivity contribution in [3.05, 3.63) is 42.5 Å². The van der Waals surface area contributed by atoms with Crippen molar-refractivity contribution in [1.82, 2.24) is 15.1 Å². The van der Waals surface area contributed by atoms with Crippen LogP contribution in [0.5, 0.6) is 0 Å². The lowest BCUT2D eigenvalue weighted by atomic mass is 9.95. The highest BCUT2D eigenvalue weighted by atomic mass is 32.2. The second kappa shape index (κ2) is 6.57. The third-order valence-electron chi connectivity index (χ3n) is 4.49. The summed E-state index contributed by atoms with van der Waals surface area (Å²) in [6, 6.07) is 5.83. The van der Waals surface area contributed by atoms with Gasteiger partial charge in [0, 0.05) is 24.3 Å². The van der Waals surface area contributed by atoms with Crippen LogP contribution in [0, 0.1) is 5.82 Å². The van der Waals surface area contributed by atoms with Crippen molar-refractivity contribution in [1.29, 1.82) is 0 Å². The molecule has 0 unspecified atom stereocenters. The number of carbonyl (C=O) groups excluding carboxylic acids is 1. The van der Waals surface area contributed by atoms with E-state index in [1.807, 2.05) is 0 Å². The van der Waals surface area contributed by atoms with Crippen LogP contribution >= 0.6 is 0 Å². The van der Waals surface area contributed by atoms with Crippen molar-refractivity contribution in [2.24, 2.45) is 0 Å². The molecule has 0 saturated carbocycles. The lowest BCUT2D eigenvalue weighted by Gasteiger charge is -2.34. The number of piperidine rings is 1. The fourth-order valence-corrected chi connectivity index (χ4v) is 4.36. The molecule has 2 heterocycles. The van der Waals surface area contributed by atoms with Crippen LogP contribution in [0.15, 0.2) is 36.7 Å². The van der Waals surface area contributed by atoms with E-state index >= 15 is 0 Å². The SMILES string of the molecule is CS(=O)(=O)C1(C(=O)Nc2ccc(-n3cccn3)c(F)c2)CCNCC1. The molecule has 1 fully saturated rings. The van der Waals surface area contributed by atoms with E-state index < -0.39 is 26.3 Å². The number of carbonyl (C=O) groups is 1. The number of rotatable bonds is 4. The first kappa shape index (κ1) is 17.6. The number of benzene rings is 1. The van der Waals surface area contributed by atoms with Crippen molar-refractivity contribution in [3.63, 3.8) is 0 Å². The molecule has 9 heteroatoms. The third-order valence-corrected chi connectivity index (χ3v) is 6.50. The summed E-state index contributed by atoms with van der Waals surface area (Å²) in [6.07, 6.45) is 4.57. The molecule has 0 spiro atoms. The molecule has 1 aromatic carbocycles. The number of aromatic nitrogens is 2. The molecule has 2 N–H and O–H groups in total. The highest BCUT2D eigenvalue weighted by Gasteiger charge is 2.48. The minimum absolute atomic E-state index is 0.186. The highest BCUT2D eigenvalue weighted by Crippen LogP contribution is 2.30. The number of hydrogen-bond acceptors (Lipinski definition) is 5. The number of hydrogen-bond donors (Lipinski definition) is 2. The normalized spacial score (nSPS) is 17.2. The van der Waals surface area contributed by atoms with Crippen molar-refractivity contribution in [2.45, 2.75) is 17.6 Å². The van der Waals surface area contributed by atoms with E-state index in [-0.39, 0.29) is 24.2 Å². The summed E-state index contributed by atoms with van der Waals surface area (Å²) in [4.78, 5) is 12.7. The third kappa shape index (κ3) is 3.29. The Kier molecular flexibility index (Phi) is 4.61. The molecule has 7 nitrogen and oxygen atoms in total. The molecule has 2 aromatic rings. The predicted molar refractivity (Wildman–Crippen MR) is 91.8 cm³/mol. The molecule has 0 radical (unpaired) electrons. The molecule has 0 bridgehead atoms. The van der Waals surface area contributed by atoms with Gasteiger partial charge in [0.15, 0.2) is 20.4 Å². The van der Waals surface area contributed by atoms with Gasteiger partial charge >= 0.3 is 0 Å². The molecule has 1 aromatic heterocycles. The molecule has 1 aliphatic rings. The summed E-state index contributed by atoms with van der Waals surface area (Å²) in [5.74, 6) is -1.19. The highest BCUT2D eigenvalue weighted by molar-refractivity contribution is 7.92. The number of halogens is 1. The molecular formula is C16H19FN4O3S. The minimum atomic E-state index is -3.62. The molecule has 0 atom stereocenters. The van der Waals surface area contributed by atoms with Crippen molar-refractivity contribution < 1.29 is 17.6 Å². The Balaban J connectivity index is 1.86. The summed E-state index contributed by atoms with van der Waals surface area (Å²) in [7, 11) is -3.62. The van der Waals surface area contributed by atoms with Gasteiger partial charge in [-0.3, -0.25) is 4.79 Å². The largest absolute Gasteiger partial charge is 0.325 e. The van der Waals surface area contributed by atoms with Crippen LogP contribution in [-0.2, 0) is 14.6 Å². The first-order chi connectivity index (χ1) is 11.8. The first-order valence-corrected chi connectivity index (χ1v) is 9.74. The van der Waals surface area contributed by atoms with Crippen molar-refractivity contribution in [3.8, 4) is 5.69 Å². The average molecular weight is 366 g/mol. The van der Waals surface area contributed by atoms with Crippen LogP contribution < -0.4 is 10.6 Å². The smallest absolute Gasteiger partial charge is 0.245 e. The topological polar surface area (TPSA) is 93.1 Å². The Bertz CT molecular complexity index is 875. The van der Waals surface area contributed by atoms with Crippen LogP contribution in [0.2, 0.25) is 0 Å². The lowest BCUT2D eigenvalue weighted by Crippen LogP contribution is -2.55. The molecular weight excluding hydrogens is 347 g/mol. The molecule has 25 heavy (non-hydrogen) atoms. The Morgan fingerprint density at radius 2 is 2.08 bits per heavy atom. The van der Waals surface area contributed by atoms with Crippen LogP contribution in [-0.4, -0.2) is 48.2 Å². The van der Waals surface area contributed by atoms with E-state index in [1.165, 1.54) is 23.0 Å². The fourth-order valence-electron chi connectivity index (χ4n) is 3.02. The van der Waals surface area contributed by atoms with E-state index in [0.717, 1.165) is 12.3 Å². The summed E-state index contributed by atoms with van der Waals surface area (Å²) >= 11 is 0. The van der Waals surface area contributed by atoms with Gasteiger partial charge in [-0.05, 0) is 50.2 Å². The Labute approximate surface area is 145 Å². The van der Waals surface area contributed by atoms with Crippen molar-refractivity contribution >= 4 is 21.4 Å². The summed E-state index contributed by atoms with van der Waals surface area (Å²) in [5, 5.41) is 9.56. The number of anilines is 1. The predicted octanol–water partition coefficient (Wildman–Crippen LogP) is 1.12. The first-order valence-electron chi connectivity index (χ1n) is 7.85. The number of nitrogens with zero attached hydrogens (tertiary/aromatic N) is 2. The maximum Gasteiger partial charge on any atom is 0.245 e. The average Bonchev–Trinajstić information content (AvgIpc) is 3.08. The van der Waals surface area contributed by atoms with Crippen LogP contribution in [0.4, 0.5) is 10.1 Å². The number of amides is 1. The quantitative estimate of drug-likeness (QED) is 0.846.